The van der Waals surface area contributed by atoms with Crippen molar-refractivity contribution in [2.24, 2.45) is 5.84 Å². The Kier molecular flexibility index (Phi) is 2.35. The van der Waals surface area contributed by atoms with Crippen LogP contribution in [0.15, 0.2) is 12.1 Å². The molecular formula is C7H6F2N2O. The topological polar surface area (TPSA) is 55.1 Å². The average Bonchev–Trinajstić information content (AvgIpc) is 2.10. The molecule has 0 atom stereocenters. The Morgan fingerprint density at radius 3 is 2.50 bits per heavy atom. The molecule has 5 heteroatoms. The molecule has 0 bridgehead atoms. The van der Waals surface area contributed by atoms with E-state index in [1.807, 2.05) is 5.43 Å². The second-order valence-electron chi connectivity index (χ2n) is 2.09. The van der Waals surface area contributed by atoms with Crippen molar-refractivity contribution in [3.63, 3.8) is 0 Å². The van der Waals surface area contributed by atoms with Gasteiger partial charge in [0.15, 0.2) is 17.9 Å². The molecule has 0 aromatic heterocycles. The van der Waals surface area contributed by atoms with Gasteiger partial charge in [0.1, 0.15) is 0 Å². The van der Waals surface area contributed by atoms with Crippen LogP contribution in [0.2, 0.25) is 0 Å². The number of nitrogen functional groups attached to an aromatic ring is 1. The summed E-state index contributed by atoms with van der Waals surface area (Å²) in [4.78, 5) is 10.1. The lowest BCUT2D eigenvalue weighted by atomic mass is 10.2. The zero-order valence-electron chi connectivity index (χ0n) is 5.97. The largest absolute Gasteiger partial charge is 0.321 e. The van der Waals surface area contributed by atoms with Gasteiger partial charge in [0.25, 0.3) is 0 Å². The fourth-order valence-electron chi connectivity index (χ4n) is 0.767. The second kappa shape index (κ2) is 3.27. The highest BCUT2D eigenvalue weighted by Crippen LogP contribution is 2.18. The normalized spacial score (nSPS) is 9.58. The lowest BCUT2D eigenvalue weighted by Gasteiger charge is -2.02. The fraction of sp³-hybridized carbons (Fsp3) is 0. The van der Waals surface area contributed by atoms with E-state index in [1.54, 1.807) is 0 Å². The van der Waals surface area contributed by atoms with Crippen molar-refractivity contribution in [1.29, 1.82) is 0 Å². The van der Waals surface area contributed by atoms with Crippen molar-refractivity contribution in [1.82, 2.24) is 0 Å². The van der Waals surface area contributed by atoms with Crippen LogP contribution in [0, 0.1) is 11.6 Å². The first-order chi connectivity index (χ1) is 5.70. The van der Waals surface area contributed by atoms with Crippen LogP contribution in [0.4, 0.5) is 14.5 Å². The van der Waals surface area contributed by atoms with Gasteiger partial charge in [0.05, 0.1) is 11.3 Å². The molecule has 1 aromatic carbocycles. The number of anilines is 1. The predicted octanol–water partition coefficient (Wildman–Crippen LogP) is 1.06. The molecule has 1 rings (SSSR count). The molecule has 0 aliphatic rings. The van der Waals surface area contributed by atoms with Crippen molar-refractivity contribution < 1.29 is 13.6 Å². The summed E-state index contributed by atoms with van der Waals surface area (Å²) in [5.74, 6) is 2.52. The van der Waals surface area contributed by atoms with Gasteiger partial charge in [-0.05, 0) is 12.1 Å². The van der Waals surface area contributed by atoms with Crippen molar-refractivity contribution in [2.75, 3.05) is 5.43 Å². The Labute approximate surface area is 67.1 Å². The second-order valence-corrected chi connectivity index (χ2v) is 2.09. The zero-order chi connectivity index (χ0) is 9.14. The van der Waals surface area contributed by atoms with Crippen molar-refractivity contribution in [3.8, 4) is 0 Å². The van der Waals surface area contributed by atoms with Gasteiger partial charge < -0.3 is 5.43 Å². The van der Waals surface area contributed by atoms with E-state index >= 15 is 0 Å². The van der Waals surface area contributed by atoms with E-state index in [2.05, 4.69) is 0 Å². The maximum atomic E-state index is 12.8. The molecule has 0 spiro atoms. The highest BCUT2D eigenvalue weighted by Gasteiger charge is 2.11. The first-order valence-corrected chi connectivity index (χ1v) is 3.10. The highest BCUT2D eigenvalue weighted by atomic mass is 19.2. The van der Waals surface area contributed by atoms with Crippen LogP contribution < -0.4 is 11.3 Å². The van der Waals surface area contributed by atoms with Gasteiger partial charge in [0, 0.05) is 0 Å². The third kappa shape index (κ3) is 1.26. The van der Waals surface area contributed by atoms with E-state index in [1.165, 1.54) is 6.07 Å². The number of nitrogens with one attached hydrogen (secondary N) is 1. The van der Waals surface area contributed by atoms with Crippen molar-refractivity contribution in [3.05, 3.63) is 29.3 Å². The summed E-state index contributed by atoms with van der Waals surface area (Å²) in [6.07, 6.45) is 0.235. The molecule has 3 N–H and O–H groups in total. The molecule has 0 aliphatic carbocycles. The molecule has 0 saturated carbocycles. The smallest absolute Gasteiger partial charge is 0.183 e. The third-order valence-electron chi connectivity index (χ3n) is 1.39. The maximum absolute atomic E-state index is 12.8. The minimum Gasteiger partial charge on any atom is -0.321 e. The molecule has 0 heterocycles. The van der Waals surface area contributed by atoms with Crippen LogP contribution in [0.3, 0.4) is 0 Å². The highest BCUT2D eigenvalue weighted by molar-refractivity contribution is 5.76. The summed E-state index contributed by atoms with van der Waals surface area (Å²) < 4.78 is 25.5. The van der Waals surface area contributed by atoms with Gasteiger partial charge in [-0.3, -0.25) is 10.6 Å². The van der Waals surface area contributed by atoms with Gasteiger partial charge in [0.2, 0.25) is 0 Å². The third-order valence-corrected chi connectivity index (χ3v) is 1.39. The quantitative estimate of drug-likeness (QED) is 0.398. The average molecular weight is 172 g/mol. The van der Waals surface area contributed by atoms with Gasteiger partial charge in [-0.15, -0.1) is 0 Å². The number of hydrazine groups is 1. The maximum Gasteiger partial charge on any atom is 0.183 e. The lowest BCUT2D eigenvalue weighted by Crippen LogP contribution is -2.10. The van der Waals surface area contributed by atoms with E-state index in [0.717, 1.165) is 6.07 Å². The number of nitrogens with two attached hydrogens (primary N) is 1. The van der Waals surface area contributed by atoms with E-state index in [0.29, 0.717) is 0 Å². The van der Waals surface area contributed by atoms with Crippen molar-refractivity contribution in [2.45, 2.75) is 0 Å². The molecule has 0 saturated heterocycles. The summed E-state index contributed by atoms with van der Waals surface area (Å²) in [6.45, 7) is 0. The summed E-state index contributed by atoms with van der Waals surface area (Å²) >= 11 is 0. The van der Waals surface area contributed by atoms with E-state index in [4.69, 9.17) is 5.84 Å². The predicted molar refractivity (Wildman–Crippen MR) is 39.6 cm³/mol. The lowest BCUT2D eigenvalue weighted by molar-refractivity contribution is 0.111. The Bertz CT molecular complexity index is 315. The molecule has 0 unspecified atom stereocenters. The SMILES string of the molecule is NNc1ccc(C=O)c(F)c1F. The molecule has 3 nitrogen and oxygen atoms in total. The van der Waals surface area contributed by atoms with E-state index in [-0.39, 0.29) is 17.5 Å². The Morgan fingerprint density at radius 1 is 1.33 bits per heavy atom. The molecule has 0 aliphatic heterocycles. The fourth-order valence-corrected chi connectivity index (χ4v) is 0.767. The molecule has 64 valence electrons. The molecule has 0 radical (unpaired) electrons. The number of rotatable bonds is 2. The van der Waals surface area contributed by atoms with Crippen LogP contribution in [-0.4, -0.2) is 6.29 Å². The zero-order valence-corrected chi connectivity index (χ0v) is 5.97. The molecular weight excluding hydrogens is 166 g/mol. The number of benzene rings is 1. The van der Waals surface area contributed by atoms with Crippen LogP contribution in [0.5, 0.6) is 0 Å². The number of carbonyl (C=O) groups excluding carboxylic acids is 1. The summed E-state index contributed by atoms with van der Waals surface area (Å²) in [5.41, 5.74) is 1.45. The molecule has 0 fully saturated rings. The summed E-state index contributed by atoms with van der Waals surface area (Å²) in [7, 11) is 0. The summed E-state index contributed by atoms with van der Waals surface area (Å²) in [6, 6.07) is 2.32. The number of halogens is 2. The Hall–Kier alpha value is -1.49. The van der Waals surface area contributed by atoms with Crippen LogP contribution in [-0.2, 0) is 0 Å². The number of carbonyl (C=O) groups is 1. The molecule has 1 aromatic rings. The molecule has 12 heavy (non-hydrogen) atoms. The van der Waals surface area contributed by atoms with Gasteiger partial charge in [-0.2, -0.15) is 0 Å². The number of aldehydes is 1. The molecule has 0 amide bonds. The van der Waals surface area contributed by atoms with Gasteiger partial charge in [-0.25, -0.2) is 8.78 Å². The van der Waals surface area contributed by atoms with Gasteiger partial charge >= 0.3 is 0 Å². The minimum absolute atomic E-state index is 0.182. The monoisotopic (exact) mass is 172 g/mol. The standard InChI is InChI=1S/C7H6F2N2O/c8-6-4(3-12)1-2-5(11-10)7(6)9/h1-3,11H,10H2. The summed E-state index contributed by atoms with van der Waals surface area (Å²) in [5, 5.41) is 0. The Morgan fingerprint density at radius 2 is 2.00 bits per heavy atom. The van der Waals surface area contributed by atoms with Crippen molar-refractivity contribution >= 4 is 12.0 Å². The van der Waals surface area contributed by atoms with Crippen LogP contribution in [0.1, 0.15) is 10.4 Å². The van der Waals surface area contributed by atoms with E-state index < -0.39 is 11.6 Å². The first kappa shape index (κ1) is 8.61. The number of hydrogen-bond donors (Lipinski definition) is 2. The van der Waals surface area contributed by atoms with E-state index in [9.17, 15) is 13.6 Å². The minimum atomic E-state index is -1.19. The van der Waals surface area contributed by atoms with Crippen LogP contribution in [0.25, 0.3) is 0 Å². The van der Waals surface area contributed by atoms with Crippen LogP contribution >= 0.6 is 0 Å². The Balaban J connectivity index is 3.29. The first-order valence-electron chi connectivity index (χ1n) is 3.10. The van der Waals surface area contributed by atoms with Gasteiger partial charge in [-0.1, -0.05) is 0 Å². The number of hydrogen-bond acceptors (Lipinski definition) is 3.